The molecule has 0 aromatic heterocycles. The molecule has 0 aromatic carbocycles. The Kier molecular flexibility index (Phi) is 2.17. The Hall–Kier alpha value is -0.180. The Morgan fingerprint density at radius 3 is 1.56 bits per heavy atom. The van der Waals surface area contributed by atoms with Gasteiger partial charge < -0.3 is 0 Å². The van der Waals surface area contributed by atoms with E-state index in [4.69, 9.17) is 0 Å². The molecular weight excluding hydrogens is 168 g/mol. The summed E-state index contributed by atoms with van der Waals surface area (Å²) in [5.74, 6) is 0. The van der Waals surface area contributed by atoms with Crippen LogP contribution in [-0.2, 0) is 20.2 Å². The first kappa shape index (κ1) is 8.82. The van der Waals surface area contributed by atoms with Gasteiger partial charge in [-0.15, -0.1) is 0 Å². The van der Waals surface area contributed by atoms with Crippen LogP contribution in [0.2, 0.25) is 0 Å². The monoisotopic (exact) mass is 174 g/mol. The van der Waals surface area contributed by atoms with Gasteiger partial charge in [-0.3, -0.25) is 0 Å². The highest BCUT2D eigenvalue weighted by Crippen LogP contribution is 1.74. The molecule has 0 fully saturated rings. The van der Waals surface area contributed by atoms with E-state index in [1.54, 1.807) is 0 Å². The van der Waals surface area contributed by atoms with Crippen LogP contribution in [0.25, 0.3) is 0 Å². The van der Waals surface area contributed by atoms with Gasteiger partial charge in [0.15, 0.2) is 0 Å². The van der Waals surface area contributed by atoms with Gasteiger partial charge >= 0.3 is 0 Å². The fourth-order valence-electron chi connectivity index (χ4n) is 0.211. The third-order valence-electron chi connectivity index (χ3n) is 0.268. The standard InChI is InChI=1S/CH6N2O4S2/c1-8(4,5)3-9(2,6)7/h3H,1H3,(H2,2,6,7). The summed E-state index contributed by atoms with van der Waals surface area (Å²) in [4.78, 5) is 0. The van der Waals surface area contributed by atoms with E-state index in [2.05, 4.69) is 5.14 Å². The van der Waals surface area contributed by atoms with Crippen LogP contribution in [0.15, 0.2) is 0 Å². The van der Waals surface area contributed by atoms with Gasteiger partial charge in [-0.1, -0.05) is 4.13 Å². The van der Waals surface area contributed by atoms with E-state index >= 15 is 0 Å². The molecule has 0 heterocycles. The number of nitrogens with one attached hydrogen (secondary N) is 1. The Morgan fingerprint density at radius 2 is 1.56 bits per heavy atom. The highest BCUT2D eigenvalue weighted by molar-refractivity contribution is 8.03. The van der Waals surface area contributed by atoms with Crippen molar-refractivity contribution >= 4 is 20.2 Å². The molecule has 6 nitrogen and oxygen atoms in total. The fraction of sp³-hybridized carbons (Fsp3) is 1.00. The maximum atomic E-state index is 10.1. The molecule has 9 heavy (non-hydrogen) atoms. The number of nitrogens with two attached hydrogens (primary N) is 1. The first-order valence-electron chi connectivity index (χ1n) is 1.72. The first-order chi connectivity index (χ1) is 3.71. The quantitative estimate of drug-likeness (QED) is 0.492. The van der Waals surface area contributed by atoms with Crippen molar-refractivity contribution in [3.63, 3.8) is 0 Å². The highest BCUT2D eigenvalue weighted by Gasteiger charge is 2.08. The van der Waals surface area contributed by atoms with E-state index in [9.17, 15) is 16.8 Å². The van der Waals surface area contributed by atoms with Crippen LogP contribution in [0.3, 0.4) is 0 Å². The van der Waals surface area contributed by atoms with Gasteiger partial charge in [0.05, 0.1) is 6.26 Å². The molecule has 0 radical (unpaired) electrons. The first-order valence-corrected chi connectivity index (χ1v) is 5.16. The molecular formula is CH6N2O4S2. The zero-order chi connectivity index (χ0) is 7.71. The van der Waals surface area contributed by atoms with Crippen molar-refractivity contribution < 1.29 is 16.8 Å². The van der Waals surface area contributed by atoms with E-state index in [1.807, 2.05) is 0 Å². The lowest BCUT2D eigenvalue weighted by atomic mass is 12.0. The lowest BCUT2D eigenvalue weighted by Gasteiger charge is -1.94. The molecule has 0 saturated carbocycles. The van der Waals surface area contributed by atoms with Crippen molar-refractivity contribution in [1.82, 2.24) is 4.13 Å². The zero-order valence-electron chi connectivity index (χ0n) is 4.53. The van der Waals surface area contributed by atoms with Crippen LogP contribution in [0, 0.1) is 0 Å². The summed E-state index contributed by atoms with van der Waals surface area (Å²) in [6.45, 7) is 0. The topological polar surface area (TPSA) is 106 Å². The average Bonchev–Trinajstić information content (AvgIpc) is 1.14. The van der Waals surface area contributed by atoms with Crippen molar-refractivity contribution in [3.05, 3.63) is 0 Å². The smallest absolute Gasteiger partial charge is 0.215 e. The van der Waals surface area contributed by atoms with E-state index < -0.39 is 20.2 Å². The minimum absolute atomic E-state index is 0.692. The van der Waals surface area contributed by atoms with Crippen molar-refractivity contribution in [2.45, 2.75) is 0 Å². The minimum atomic E-state index is -4.12. The Labute approximate surface area is 53.3 Å². The van der Waals surface area contributed by atoms with Gasteiger partial charge in [-0.25, -0.2) is 13.6 Å². The molecule has 8 heteroatoms. The van der Waals surface area contributed by atoms with Crippen LogP contribution >= 0.6 is 0 Å². The van der Waals surface area contributed by atoms with Gasteiger partial charge in [0.1, 0.15) is 0 Å². The molecule has 0 spiro atoms. The van der Waals surface area contributed by atoms with E-state index in [0.29, 0.717) is 6.26 Å². The van der Waals surface area contributed by atoms with E-state index in [1.165, 1.54) is 4.13 Å². The lowest BCUT2D eigenvalue weighted by molar-refractivity contribution is 0.581. The molecule has 0 aliphatic heterocycles. The second-order valence-electron chi connectivity index (χ2n) is 1.40. The Balaban J connectivity index is 4.46. The van der Waals surface area contributed by atoms with E-state index in [0.717, 1.165) is 0 Å². The summed E-state index contributed by atoms with van der Waals surface area (Å²) in [7, 11) is -7.86. The number of hydrogen-bond donors (Lipinski definition) is 2. The van der Waals surface area contributed by atoms with Crippen molar-refractivity contribution in [1.29, 1.82) is 0 Å². The fourth-order valence-corrected chi connectivity index (χ4v) is 1.90. The molecule has 0 bridgehead atoms. The molecule has 0 aliphatic rings. The van der Waals surface area contributed by atoms with Gasteiger partial charge in [0, 0.05) is 0 Å². The van der Waals surface area contributed by atoms with Crippen LogP contribution in [0.4, 0.5) is 0 Å². The largest absolute Gasteiger partial charge is 0.287 e. The summed E-state index contributed by atoms with van der Waals surface area (Å²) in [6.07, 6.45) is 0.692. The predicted molar refractivity (Wildman–Crippen MR) is 31.1 cm³/mol. The van der Waals surface area contributed by atoms with E-state index in [-0.39, 0.29) is 0 Å². The van der Waals surface area contributed by atoms with Gasteiger partial charge in [0.25, 0.3) is 10.2 Å². The molecule has 56 valence electrons. The SMILES string of the molecule is CS(=O)(=O)NS(N)(=O)=O. The highest BCUT2D eigenvalue weighted by atomic mass is 32.3. The van der Waals surface area contributed by atoms with Crippen LogP contribution in [0.5, 0.6) is 0 Å². The third-order valence-corrected chi connectivity index (χ3v) is 2.41. The zero-order valence-corrected chi connectivity index (χ0v) is 6.16. The van der Waals surface area contributed by atoms with Gasteiger partial charge in [-0.2, -0.15) is 8.42 Å². The molecule has 0 saturated heterocycles. The summed E-state index contributed by atoms with van der Waals surface area (Å²) < 4.78 is 41.2. The summed E-state index contributed by atoms with van der Waals surface area (Å²) in [5, 5.41) is 4.30. The molecule has 0 atom stereocenters. The average molecular weight is 174 g/mol. The number of rotatable bonds is 2. The molecule has 0 unspecified atom stereocenters. The number of hydrogen-bond acceptors (Lipinski definition) is 4. The van der Waals surface area contributed by atoms with Crippen molar-refractivity contribution in [2.75, 3.05) is 6.26 Å². The Bertz CT molecular complexity index is 242. The van der Waals surface area contributed by atoms with Gasteiger partial charge in [0.2, 0.25) is 10.0 Å². The normalized spacial score (nSPS) is 13.6. The second-order valence-corrected chi connectivity index (χ2v) is 4.70. The molecule has 0 aliphatic carbocycles. The van der Waals surface area contributed by atoms with Crippen LogP contribution in [-0.4, -0.2) is 23.1 Å². The maximum Gasteiger partial charge on any atom is 0.287 e. The predicted octanol–water partition coefficient (Wildman–Crippen LogP) is -2.26. The molecule has 3 N–H and O–H groups in total. The third kappa shape index (κ3) is 7.82. The van der Waals surface area contributed by atoms with Gasteiger partial charge in [-0.05, 0) is 0 Å². The summed E-state index contributed by atoms with van der Waals surface area (Å²) >= 11 is 0. The van der Waals surface area contributed by atoms with Crippen LogP contribution < -0.4 is 9.27 Å². The Morgan fingerprint density at radius 1 is 1.22 bits per heavy atom. The minimum Gasteiger partial charge on any atom is -0.215 e. The second kappa shape index (κ2) is 2.21. The summed E-state index contributed by atoms with van der Waals surface area (Å²) in [6, 6.07) is 0. The van der Waals surface area contributed by atoms with Crippen molar-refractivity contribution in [2.24, 2.45) is 5.14 Å². The van der Waals surface area contributed by atoms with Crippen LogP contribution in [0.1, 0.15) is 0 Å². The molecule has 0 aromatic rings. The number of sulfonamides is 1. The molecule has 0 rings (SSSR count). The maximum absolute atomic E-state index is 10.1. The lowest BCUT2D eigenvalue weighted by Crippen LogP contribution is -2.35. The molecule has 0 amide bonds. The summed E-state index contributed by atoms with van der Waals surface area (Å²) in [5.41, 5.74) is 0. The van der Waals surface area contributed by atoms with Crippen molar-refractivity contribution in [3.8, 4) is 0 Å².